The second-order valence-electron chi connectivity index (χ2n) is 6.59. The van der Waals surface area contributed by atoms with Crippen LogP contribution in [0.15, 0.2) is 22.7 Å². The molecule has 30 heavy (non-hydrogen) atoms. The third kappa shape index (κ3) is 5.21. The fourth-order valence-electron chi connectivity index (χ4n) is 2.92. The Bertz CT molecular complexity index is 929. The molecule has 1 aliphatic carbocycles. The van der Waals surface area contributed by atoms with Gasteiger partial charge in [0, 0.05) is 24.1 Å². The Kier molecular flexibility index (Phi) is 6.53. The summed E-state index contributed by atoms with van der Waals surface area (Å²) in [6.07, 6.45) is -3.21. The smallest absolute Gasteiger partial charge is 0.436 e. The molecule has 1 aromatic heterocycles. The number of carbonyl (C=O) groups excluding carboxylic acids is 1. The summed E-state index contributed by atoms with van der Waals surface area (Å²) in [7, 11) is 1.26. The maximum absolute atomic E-state index is 13.1. The predicted molar refractivity (Wildman–Crippen MR) is 99.8 cm³/mol. The molecule has 12 heteroatoms. The van der Waals surface area contributed by atoms with Crippen LogP contribution in [-0.4, -0.2) is 29.4 Å². The topological polar surface area (TPSA) is 65.4 Å². The quantitative estimate of drug-likeness (QED) is 0.510. The van der Waals surface area contributed by atoms with Gasteiger partial charge in [-0.05, 0) is 40.9 Å². The molecule has 6 nitrogen and oxygen atoms in total. The van der Waals surface area contributed by atoms with Crippen LogP contribution in [0.5, 0.6) is 11.5 Å². The number of hydrogen-bond donors (Lipinski definition) is 1. The highest BCUT2D eigenvalue weighted by atomic mass is 79.9. The van der Waals surface area contributed by atoms with E-state index in [2.05, 4.69) is 31.1 Å². The van der Waals surface area contributed by atoms with E-state index in [9.17, 15) is 26.7 Å². The maximum Gasteiger partial charge on any atom is 0.436 e. The van der Waals surface area contributed by atoms with Crippen molar-refractivity contribution in [3.8, 4) is 11.5 Å². The van der Waals surface area contributed by atoms with E-state index in [1.807, 2.05) is 0 Å². The third-order valence-corrected chi connectivity index (χ3v) is 5.16. The fraction of sp³-hybridized carbons (Fsp3) is 0.444. The van der Waals surface area contributed by atoms with Gasteiger partial charge in [0.15, 0.2) is 17.2 Å². The lowest BCUT2D eigenvalue weighted by molar-refractivity contribution is -0.142. The summed E-state index contributed by atoms with van der Waals surface area (Å²) in [6.45, 7) is -3.08. The zero-order valence-corrected chi connectivity index (χ0v) is 17.2. The van der Waals surface area contributed by atoms with Crippen molar-refractivity contribution in [2.24, 2.45) is 0 Å². The van der Waals surface area contributed by atoms with Crippen LogP contribution in [0.3, 0.4) is 0 Å². The molecule has 164 valence electrons. The van der Waals surface area contributed by atoms with Crippen LogP contribution in [0.1, 0.15) is 36.6 Å². The van der Waals surface area contributed by atoms with Gasteiger partial charge in [0.05, 0.1) is 23.8 Å². The number of nitrogens with zero attached hydrogens (tertiary/aromatic N) is 2. The van der Waals surface area contributed by atoms with E-state index < -0.39 is 24.4 Å². The van der Waals surface area contributed by atoms with Gasteiger partial charge < -0.3 is 14.8 Å². The third-order valence-electron chi connectivity index (χ3n) is 4.38. The van der Waals surface area contributed by atoms with Crippen LogP contribution < -0.4 is 14.8 Å². The van der Waals surface area contributed by atoms with E-state index in [0.717, 1.165) is 12.8 Å². The van der Waals surface area contributed by atoms with Crippen LogP contribution in [0.2, 0.25) is 0 Å². The van der Waals surface area contributed by atoms with Gasteiger partial charge in [0.2, 0.25) is 5.91 Å². The molecule has 1 saturated carbocycles. The fourth-order valence-corrected chi connectivity index (χ4v) is 3.75. The standard InChI is InChI=1S/C18H17BrF5N3O3/c1-29-12-8-10(4-5-11(12)30-17(20)21)25-13(28)6-7-27-15(9-2-3-9)14(19)16(26-27)18(22,23)24/h4-5,8-9,17H,2-3,6-7H2,1H3,(H,25,28). The highest BCUT2D eigenvalue weighted by Crippen LogP contribution is 2.47. The van der Waals surface area contributed by atoms with E-state index in [0.29, 0.717) is 5.69 Å². The van der Waals surface area contributed by atoms with Crippen LogP contribution in [0.4, 0.5) is 27.6 Å². The molecule has 0 saturated heterocycles. The zero-order chi connectivity index (χ0) is 22.1. The van der Waals surface area contributed by atoms with E-state index in [1.165, 1.54) is 30.0 Å². The summed E-state index contributed by atoms with van der Waals surface area (Å²) in [6, 6.07) is 3.86. The van der Waals surface area contributed by atoms with Crippen LogP contribution in [0, 0.1) is 0 Å². The molecule has 1 amide bonds. The minimum absolute atomic E-state index is 0.00468. The first-order valence-electron chi connectivity index (χ1n) is 8.86. The Morgan fingerprint density at radius 1 is 1.33 bits per heavy atom. The van der Waals surface area contributed by atoms with E-state index >= 15 is 0 Å². The molecule has 1 N–H and O–H groups in total. The van der Waals surface area contributed by atoms with E-state index in [1.54, 1.807) is 0 Å². The van der Waals surface area contributed by atoms with Gasteiger partial charge in [-0.2, -0.15) is 27.1 Å². The van der Waals surface area contributed by atoms with Crippen molar-refractivity contribution in [2.45, 2.75) is 44.5 Å². The molecule has 0 unspecified atom stereocenters. The van der Waals surface area contributed by atoms with Crippen LogP contribution in [-0.2, 0) is 17.5 Å². The molecule has 3 rings (SSSR count). The van der Waals surface area contributed by atoms with Crippen molar-refractivity contribution in [2.75, 3.05) is 12.4 Å². The number of ether oxygens (including phenoxy) is 2. The number of rotatable bonds is 8. The average molecular weight is 498 g/mol. The van der Waals surface area contributed by atoms with Crippen LogP contribution >= 0.6 is 15.9 Å². The molecule has 0 radical (unpaired) electrons. The van der Waals surface area contributed by atoms with Gasteiger partial charge >= 0.3 is 12.8 Å². The number of benzene rings is 1. The Balaban J connectivity index is 1.68. The number of carbonyl (C=O) groups is 1. The van der Waals surface area contributed by atoms with Crippen LogP contribution in [0.25, 0.3) is 0 Å². The lowest BCUT2D eigenvalue weighted by atomic mass is 10.2. The number of halogens is 6. The van der Waals surface area contributed by atoms with E-state index in [4.69, 9.17) is 4.74 Å². The monoisotopic (exact) mass is 497 g/mol. The van der Waals surface area contributed by atoms with E-state index in [-0.39, 0.29) is 40.5 Å². The van der Waals surface area contributed by atoms with Crippen molar-refractivity contribution in [3.63, 3.8) is 0 Å². The first-order valence-corrected chi connectivity index (χ1v) is 9.65. The highest BCUT2D eigenvalue weighted by molar-refractivity contribution is 9.10. The molecule has 1 fully saturated rings. The summed E-state index contributed by atoms with van der Waals surface area (Å²) in [5.41, 5.74) is -0.312. The molecule has 1 heterocycles. The summed E-state index contributed by atoms with van der Waals surface area (Å²) in [4.78, 5) is 12.3. The van der Waals surface area contributed by atoms with Crippen molar-refractivity contribution in [1.82, 2.24) is 9.78 Å². The minimum atomic E-state index is -4.60. The molecular formula is C18H17BrF5N3O3. The van der Waals surface area contributed by atoms with Gasteiger partial charge in [-0.1, -0.05) is 0 Å². The average Bonchev–Trinajstić information content (AvgIpc) is 3.42. The number of amides is 1. The lowest BCUT2D eigenvalue weighted by Gasteiger charge is -2.12. The van der Waals surface area contributed by atoms with Crippen molar-refractivity contribution in [3.05, 3.63) is 34.1 Å². The zero-order valence-electron chi connectivity index (χ0n) is 15.6. The largest absolute Gasteiger partial charge is 0.493 e. The minimum Gasteiger partial charge on any atom is -0.493 e. The Morgan fingerprint density at radius 2 is 2.03 bits per heavy atom. The number of nitrogens with one attached hydrogen (secondary N) is 1. The Hall–Kier alpha value is -2.37. The van der Waals surface area contributed by atoms with Crippen molar-refractivity contribution < 1.29 is 36.2 Å². The normalized spacial score (nSPS) is 14.1. The number of methoxy groups -OCH3 is 1. The number of aryl methyl sites for hydroxylation is 1. The molecule has 0 atom stereocenters. The predicted octanol–water partition coefficient (Wildman–Crippen LogP) is 5.18. The summed E-state index contributed by atoms with van der Waals surface area (Å²) >= 11 is 3.00. The molecule has 0 spiro atoms. The maximum atomic E-state index is 13.1. The number of hydrogen-bond acceptors (Lipinski definition) is 4. The van der Waals surface area contributed by atoms with Crippen molar-refractivity contribution in [1.29, 1.82) is 0 Å². The molecule has 1 aromatic carbocycles. The van der Waals surface area contributed by atoms with Crippen molar-refractivity contribution >= 4 is 27.5 Å². The molecule has 0 bridgehead atoms. The second kappa shape index (κ2) is 8.78. The summed E-state index contributed by atoms with van der Waals surface area (Å²) in [5, 5.41) is 6.19. The number of anilines is 1. The van der Waals surface area contributed by atoms with Gasteiger partial charge in [-0.15, -0.1) is 0 Å². The van der Waals surface area contributed by atoms with Gasteiger partial charge in [-0.3, -0.25) is 9.48 Å². The second-order valence-corrected chi connectivity index (χ2v) is 7.38. The highest BCUT2D eigenvalue weighted by Gasteiger charge is 2.41. The van der Waals surface area contributed by atoms with Gasteiger partial charge in [0.1, 0.15) is 0 Å². The molecule has 0 aliphatic heterocycles. The first-order chi connectivity index (χ1) is 14.1. The van der Waals surface area contributed by atoms with Gasteiger partial charge in [0.25, 0.3) is 0 Å². The lowest BCUT2D eigenvalue weighted by Crippen LogP contribution is -2.16. The number of alkyl halides is 5. The number of aromatic nitrogens is 2. The molecular weight excluding hydrogens is 481 g/mol. The first kappa shape index (κ1) is 22.3. The SMILES string of the molecule is COc1cc(NC(=O)CCn2nc(C(F)(F)F)c(Br)c2C2CC2)ccc1OC(F)F. The summed E-state index contributed by atoms with van der Waals surface area (Å²) in [5.74, 6) is -0.699. The van der Waals surface area contributed by atoms with Gasteiger partial charge in [-0.25, -0.2) is 0 Å². The Labute approximate surface area is 176 Å². The molecule has 1 aliphatic rings. The Morgan fingerprint density at radius 3 is 2.60 bits per heavy atom. The molecule has 2 aromatic rings. The summed E-state index contributed by atoms with van der Waals surface area (Å²) < 4.78 is 74.6.